The molecule has 0 aliphatic carbocycles. The SMILES string of the molecule is Cc1c(C)c(F)c(C)c(C)c1O. The minimum atomic E-state index is -0.206. The first-order chi connectivity index (χ1) is 5.46. The van der Waals surface area contributed by atoms with Crippen LogP contribution >= 0.6 is 0 Å². The molecular weight excluding hydrogens is 155 g/mol. The second-order valence-electron chi connectivity index (χ2n) is 3.16. The van der Waals surface area contributed by atoms with Crippen LogP contribution in [-0.2, 0) is 0 Å². The summed E-state index contributed by atoms with van der Waals surface area (Å²) in [6, 6.07) is 0. The number of aromatic hydroxyl groups is 1. The smallest absolute Gasteiger partial charge is 0.129 e. The zero-order chi connectivity index (χ0) is 9.46. The first kappa shape index (κ1) is 9.04. The zero-order valence-corrected chi connectivity index (χ0v) is 7.83. The Bertz CT molecular complexity index is 224. The predicted octanol–water partition coefficient (Wildman–Crippen LogP) is 2.76. The van der Waals surface area contributed by atoms with E-state index in [-0.39, 0.29) is 11.6 Å². The molecule has 0 aliphatic rings. The second-order valence-corrected chi connectivity index (χ2v) is 3.16. The Morgan fingerprint density at radius 2 is 1.17 bits per heavy atom. The second kappa shape index (κ2) is 2.77. The van der Waals surface area contributed by atoms with Gasteiger partial charge in [-0.3, -0.25) is 0 Å². The molecule has 0 aliphatic heterocycles. The Hall–Kier alpha value is -1.05. The molecule has 1 nitrogen and oxygen atoms in total. The van der Waals surface area contributed by atoms with Crippen molar-refractivity contribution in [3.63, 3.8) is 0 Å². The molecule has 0 aromatic heterocycles. The number of phenolic OH excluding ortho intramolecular Hbond substituents is 1. The van der Waals surface area contributed by atoms with Crippen LogP contribution in [0.5, 0.6) is 5.75 Å². The van der Waals surface area contributed by atoms with Gasteiger partial charge in [0.25, 0.3) is 0 Å². The van der Waals surface area contributed by atoms with Crippen molar-refractivity contribution in [3.05, 3.63) is 28.1 Å². The average molecular weight is 168 g/mol. The van der Waals surface area contributed by atoms with Crippen LogP contribution in [0, 0.1) is 33.5 Å². The van der Waals surface area contributed by atoms with Gasteiger partial charge in [-0.25, -0.2) is 4.39 Å². The molecule has 1 N–H and O–H groups in total. The van der Waals surface area contributed by atoms with E-state index in [1.54, 1.807) is 27.7 Å². The van der Waals surface area contributed by atoms with Crippen molar-refractivity contribution in [2.24, 2.45) is 0 Å². The fourth-order valence-electron chi connectivity index (χ4n) is 1.25. The van der Waals surface area contributed by atoms with Crippen LogP contribution in [0.2, 0.25) is 0 Å². The van der Waals surface area contributed by atoms with E-state index in [9.17, 15) is 9.50 Å². The van der Waals surface area contributed by atoms with Gasteiger partial charge < -0.3 is 5.11 Å². The highest BCUT2D eigenvalue weighted by atomic mass is 19.1. The van der Waals surface area contributed by atoms with E-state index in [0.29, 0.717) is 22.3 Å². The summed E-state index contributed by atoms with van der Waals surface area (Å²) in [5, 5.41) is 9.53. The summed E-state index contributed by atoms with van der Waals surface area (Å²) >= 11 is 0. The number of rotatable bonds is 0. The summed E-state index contributed by atoms with van der Waals surface area (Å²) in [7, 11) is 0. The summed E-state index contributed by atoms with van der Waals surface area (Å²) in [4.78, 5) is 0. The van der Waals surface area contributed by atoms with E-state index in [1.165, 1.54) is 0 Å². The lowest BCUT2D eigenvalue weighted by atomic mass is 9.99. The molecule has 1 rings (SSSR count). The number of hydrogen-bond donors (Lipinski definition) is 1. The van der Waals surface area contributed by atoms with Gasteiger partial charge in [0, 0.05) is 0 Å². The topological polar surface area (TPSA) is 20.2 Å². The van der Waals surface area contributed by atoms with Gasteiger partial charge in [-0.15, -0.1) is 0 Å². The minimum Gasteiger partial charge on any atom is -0.507 e. The molecule has 0 amide bonds. The van der Waals surface area contributed by atoms with Crippen LogP contribution in [0.3, 0.4) is 0 Å². The monoisotopic (exact) mass is 168 g/mol. The molecule has 0 atom stereocenters. The van der Waals surface area contributed by atoms with Crippen LogP contribution in [0.4, 0.5) is 4.39 Å². The molecule has 12 heavy (non-hydrogen) atoms. The highest BCUT2D eigenvalue weighted by Crippen LogP contribution is 2.29. The molecule has 66 valence electrons. The Balaban J connectivity index is 3.60. The van der Waals surface area contributed by atoms with Gasteiger partial charge in [-0.05, 0) is 49.9 Å². The molecule has 2 heteroatoms. The van der Waals surface area contributed by atoms with Crippen molar-refractivity contribution < 1.29 is 9.50 Å². The summed E-state index contributed by atoms with van der Waals surface area (Å²) in [5.74, 6) is 0.00852. The lowest BCUT2D eigenvalue weighted by Crippen LogP contribution is -1.96. The average Bonchev–Trinajstić information content (AvgIpc) is 2.08. The van der Waals surface area contributed by atoms with Gasteiger partial charge in [0.2, 0.25) is 0 Å². The molecule has 1 aromatic rings. The van der Waals surface area contributed by atoms with Gasteiger partial charge in [0.05, 0.1) is 0 Å². The molecule has 0 bridgehead atoms. The van der Waals surface area contributed by atoms with Crippen molar-refractivity contribution in [2.45, 2.75) is 27.7 Å². The van der Waals surface area contributed by atoms with E-state index in [0.717, 1.165) is 0 Å². The standard InChI is InChI=1S/C10H13FO/c1-5-7(3)10(12)8(4)6(2)9(5)11/h12H,1-4H3. The molecule has 0 saturated carbocycles. The Morgan fingerprint density at radius 3 is 1.50 bits per heavy atom. The van der Waals surface area contributed by atoms with Crippen LogP contribution in [0.1, 0.15) is 22.3 Å². The van der Waals surface area contributed by atoms with Crippen LogP contribution in [-0.4, -0.2) is 5.11 Å². The van der Waals surface area contributed by atoms with E-state index in [1.807, 2.05) is 0 Å². The Labute approximate surface area is 71.9 Å². The fraction of sp³-hybridized carbons (Fsp3) is 0.400. The van der Waals surface area contributed by atoms with Gasteiger partial charge in [-0.2, -0.15) is 0 Å². The molecule has 0 heterocycles. The molecule has 0 unspecified atom stereocenters. The number of benzene rings is 1. The maximum atomic E-state index is 13.3. The van der Waals surface area contributed by atoms with Gasteiger partial charge in [0.1, 0.15) is 11.6 Å². The lowest BCUT2D eigenvalue weighted by Gasteiger charge is -2.11. The first-order valence-electron chi connectivity index (χ1n) is 3.91. The lowest BCUT2D eigenvalue weighted by molar-refractivity contribution is 0.461. The number of phenols is 1. The maximum absolute atomic E-state index is 13.3. The van der Waals surface area contributed by atoms with Crippen LogP contribution in [0.15, 0.2) is 0 Å². The normalized spacial score (nSPS) is 10.4. The highest BCUT2D eigenvalue weighted by molar-refractivity contribution is 5.48. The largest absolute Gasteiger partial charge is 0.507 e. The minimum absolute atomic E-state index is 0.206. The van der Waals surface area contributed by atoms with Gasteiger partial charge in [0.15, 0.2) is 0 Å². The van der Waals surface area contributed by atoms with Crippen molar-refractivity contribution in [3.8, 4) is 5.75 Å². The van der Waals surface area contributed by atoms with E-state index in [4.69, 9.17) is 0 Å². The van der Waals surface area contributed by atoms with Crippen molar-refractivity contribution in [2.75, 3.05) is 0 Å². The number of hydrogen-bond acceptors (Lipinski definition) is 1. The van der Waals surface area contributed by atoms with Crippen molar-refractivity contribution in [1.29, 1.82) is 0 Å². The number of halogens is 1. The molecule has 0 fully saturated rings. The quantitative estimate of drug-likeness (QED) is 0.631. The molecular formula is C10H13FO. The third-order valence-corrected chi connectivity index (χ3v) is 2.49. The van der Waals surface area contributed by atoms with Crippen LogP contribution in [0.25, 0.3) is 0 Å². The summed E-state index contributed by atoms with van der Waals surface area (Å²) < 4.78 is 13.3. The van der Waals surface area contributed by atoms with Gasteiger partial charge >= 0.3 is 0 Å². The Kier molecular flexibility index (Phi) is 2.09. The van der Waals surface area contributed by atoms with E-state index in [2.05, 4.69) is 0 Å². The van der Waals surface area contributed by atoms with E-state index < -0.39 is 0 Å². The summed E-state index contributed by atoms with van der Waals surface area (Å²) in [5.41, 5.74) is 2.34. The highest BCUT2D eigenvalue weighted by Gasteiger charge is 2.12. The molecule has 0 radical (unpaired) electrons. The fourth-order valence-corrected chi connectivity index (χ4v) is 1.25. The molecule has 1 aromatic carbocycles. The zero-order valence-electron chi connectivity index (χ0n) is 7.83. The van der Waals surface area contributed by atoms with Gasteiger partial charge in [-0.1, -0.05) is 0 Å². The molecule has 0 saturated heterocycles. The van der Waals surface area contributed by atoms with E-state index >= 15 is 0 Å². The van der Waals surface area contributed by atoms with Crippen molar-refractivity contribution in [1.82, 2.24) is 0 Å². The predicted molar refractivity (Wildman–Crippen MR) is 47.0 cm³/mol. The van der Waals surface area contributed by atoms with Crippen LogP contribution < -0.4 is 0 Å². The third kappa shape index (κ3) is 1.07. The third-order valence-electron chi connectivity index (χ3n) is 2.49. The first-order valence-corrected chi connectivity index (χ1v) is 3.91. The Morgan fingerprint density at radius 1 is 0.833 bits per heavy atom. The summed E-state index contributed by atoms with van der Waals surface area (Å²) in [6.07, 6.45) is 0. The summed E-state index contributed by atoms with van der Waals surface area (Å²) in [6.45, 7) is 6.80. The maximum Gasteiger partial charge on any atom is 0.129 e. The molecule has 0 spiro atoms. The van der Waals surface area contributed by atoms with Crippen molar-refractivity contribution >= 4 is 0 Å².